The van der Waals surface area contributed by atoms with Crippen molar-refractivity contribution < 1.29 is 14.7 Å². The van der Waals surface area contributed by atoms with Crippen molar-refractivity contribution in [1.29, 1.82) is 0 Å². The standard InChI is InChI=1S/C20H22N2O3/c1-4-5-18-9-8-17(13-22(18)12-14(2)15(3)23)21-20(25)16-6-10-19(24)11-7-16/h5-13,24H,4H2,1-3H3,(H,21,25)/b14-12+,18-5-. The largest absolute Gasteiger partial charge is 0.508 e. The van der Waals surface area contributed by atoms with Gasteiger partial charge in [0.1, 0.15) is 5.75 Å². The number of nitrogens with zero attached hydrogens (tertiary/aromatic N) is 1. The Kier molecular flexibility index (Phi) is 5.95. The zero-order valence-electron chi connectivity index (χ0n) is 14.6. The molecule has 25 heavy (non-hydrogen) atoms. The minimum Gasteiger partial charge on any atom is -0.508 e. The Bertz CT molecular complexity index is 784. The minimum absolute atomic E-state index is 0.00604. The van der Waals surface area contributed by atoms with Crippen molar-refractivity contribution in [2.45, 2.75) is 27.2 Å². The Morgan fingerprint density at radius 3 is 2.44 bits per heavy atom. The van der Waals surface area contributed by atoms with E-state index in [0.717, 1.165) is 12.1 Å². The Morgan fingerprint density at radius 2 is 1.84 bits per heavy atom. The van der Waals surface area contributed by atoms with Crippen LogP contribution in [-0.2, 0) is 4.79 Å². The maximum atomic E-state index is 12.3. The molecule has 0 radical (unpaired) electrons. The molecule has 0 bridgehead atoms. The van der Waals surface area contributed by atoms with Gasteiger partial charge in [-0.2, -0.15) is 0 Å². The number of ketones is 1. The van der Waals surface area contributed by atoms with E-state index in [1.807, 2.05) is 30.1 Å². The van der Waals surface area contributed by atoms with Gasteiger partial charge in [-0.25, -0.2) is 0 Å². The van der Waals surface area contributed by atoms with Crippen LogP contribution in [0.15, 0.2) is 71.9 Å². The molecule has 5 nitrogen and oxygen atoms in total. The summed E-state index contributed by atoms with van der Waals surface area (Å²) in [6.45, 7) is 5.31. The molecule has 1 amide bonds. The predicted octanol–water partition coefficient (Wildman–Crippen LogP) is 3.62. The summed E-state index contributed by atoms with van der Waals surface area (Å²) >= 11 is 0. The molecule has 1 aromatic carbocycles. The SMILES string of the molecule is CC/C=C1/C=CC(NC(=O)c2ccc(O)cc2)=CN1/C=C(\C)C(C)=O. The van der Waals surface area contributed by atoms with Gasteiger partial charge in [-0.3, -0.25) is 9.59 Å². The van der Waals surface area contributed by atoms with E-state index < -0.39 is 0 Å². The summed E-state index contributed by atoms with van der Waals surface area (Å²) in [5, 5.41) is 12.1. The minimum atomic E-state index is -0.272. The molecular formula is C20H22N2O3. The number of phenolic OH excluding ortho intramolecular Hbond substituents is 1. The number of carbonyl (C=O) groups excluding carboxylic acids is 2. The number of benzene rings is 1. The second-order valence-electron chi connectivity index (χ2n) is 5.73. The van der Waals surface area contributed by atoms with Gasteiger partial charge in [-0.15, -0.1) is 0 Å². The van der Waals surface area contributed by atoms with Gasteiger partial charge in [0.25, 0.3) is 5.91 Å². The molecule has 0 atom stereocenters. The van der Waals surface area contributed by atoms with Crippen LogP contribution in [0.25, 0.3) is 0 Å². The van der Waals surface area contributed by atoms with Crippen LogP contribution in [0.3, 0.4) is 0 Å². The number of allylic oxidation sites excluding steroid dienone is 4. The van der Waals surface area contributed by atoms with Gasteiger partial charge >= 0.3 is 0 Å². The van der Waals surface area contributed by atoms with Crippen LogP contribution in [0.1, 0.15) is 37.6 Å². The van der Waals surface area contributed by atoms with Crippen molar-refractivity contribution >= 4 is 11.7 Å². The first kappa shape index (κ1) is 18.3. The van der Waals surface area contributed by atoms with E-state index in [4.69, 9.17) is 0 Å². The van der Waals surface area contributed by atoms with Crippen LogP contribution < -0.4 is 5.32 Å². The van der Waals surface area contributed by atoms with E-state index in [0.29, 0.717) is 16.8 Å². The zero-order chi connectivity index (χ0) is 18.4. The van der Waals surface area contributed by atoms with Crippen molar-refractivity contribution in [2.75, 3.05) is 0 Å². The van der Waals surface area contributed by atoms with Gasteiger partial charge in [0, 0.05) is 29.2 Å². The van der Waals surface area contributed by atoms with E-state index >= 15 is 0 Å². The first-order valence-electron chi connectivity index (χ1n) is 8.09. The van der Waals surface area contributed by atoms with Crippen molar-refractivity contribution in [2.24, 2.45) is 0 Å². The van der Waals surface area contributed by atoms with E-state index in [-0.39, 0.29) is 17.4 Å². The fourth-order valence-corrected chi connectivity index (χ4v) is 2.21. The number of carbonyl (C=O) groups is 2. The highest BCUT2D eigenvalue weighted by atomic mass is 16.3. The van der Waals surface area contributed by atoms with Gasteiger partial charge in [0.05, 0.1) is 5.70 Å². The molecule has 0 fully saturated rings. The molecule has 1 aromatic rings. The fourth-order valence-electron chi connectivity index (χ4n) is 2.21. The van der Waals surface area contributed by atoms with Crippen LogP contribution >= 0.6 is 0 Å². The van der Waals surface area contributed by atoms with E-state index in [2.05, 4.69) is 5.32 Å². The summed E-state index contributed by atoms with van der Waals surface area (Å²) in [6, 6.07) is 6.04. The highest BCUT2D eigenvalue weighted by molar-refractivity contribution is 5.95. The molecule has 0 saturated heterocycles. The third-order valence-corrected chi connectivity index (χ3v) is 3.70. The third-order valence-electron chi connectivity index (χ3n) is 3.70. The molecule has 0 spiro atoms. The van der Waals surface area contributed by atoms with Gasteiger partial charge in [0.15, 0.2) is 5.78 Å². The van der Waals surface area contributed by atoms with Gasteiger partial charge in [-0.1, -0.05) is 13.0 Å². The molecule has 5 heteroatoms. The lowest BCUT2D eigenvalue weighted by Gasteiger charge is -2.23. The zero-order valence-corrected chi connectivity index (χ0v) is 14.6. The molecule has 0 aromatic heterocycles. The summed E-state index contributed by atoms with van der Waals surface area (Å²) in [6.07, 6.45) is 10.1. The lowest BCUT2D eigenvalue weighted by atomic mass is 10.1. The number of nitrogens with one attached hydrogen (secondary N) is 1. The molecule has 0 saturated carbocycles. The third kappa shape index (κ3) is 4.94. The predicted molar refractivity (Wildman–Crippen MR) is 97.4 cm³/mol. The quantitative estimate of drug-likeness (QED) is 0.805. The maximum absolute atomic E-state index is 12.3. The van der Waals surface area contributed by atoms with Gasteiger partial charge in [0.2, 0.25) is 0 Å². The summed E-state index contributed by atoms with van der Waals surface area (Å²) in [5.41, 5.74) is 2.62. The molecule has 0 aliphatic carbocycles. The monoisotopic (exact) mass is 338 g/mol. The number of aromatic hydroxyl groups is 1. The van der Waals surface area contributed by atoms with Gasteiger partial charge in [-0.05, 0) is 56.7 Å². The molecule has 1 aliphatic heterocycles. The number of hydrogen-bond acceptors (Lipinski definition) is 4. The molecule has 2 N–H and O–H groups in total. The molecule has 130 valence electrons. The Balaban J connectivity index is 2.22. The summed E-state index contributed by atoms with van der Waals surface area (Å²) in [7, 11) is 0. The Hall–Kier alpha value is -3.08. The maximum Gasteiger partial charge on any atom is 0.255 e. The average Bonchev–Trinajstić information content (AvgIpc) is 2.57. The van der Waals surface area contributed by atoms with E-state index in [9.17, 15) is 14.7 Å². The topological polar surface area (TPSA) is 69.6 Å². The molecule has 0 unspecified atom stereocenters. The van der Waals surface area contributed by atoms with E-state index in [1.54, 1.807) is 31.5 Å². The fraction of sp³-hybridized carbons (Fsp3) is 0.200. The number of hydrogen-bond donors (Lipinski definition) is 2. The highest BCUT2D eigenvalue weighted by Crippen LogP contribution is 2.19. The van der Waals surface area contributed by atoms with E-state index in [1.165, 1.54) is 19.1 Å². The number of Topliss-reactive ketones (excluding diaryl/α,β-unsaturated/α-hetero) is 1. The van der Waals surface area contributed by atoms with Crippen LogP contribution in [0, 0.1) is 0 Å². The summed E-state index contributed by atoms with van der Waals surface area (Å²) in [5.74, 6) is -0.168. The smallest absolute Gasteiger partial charge is 0.255 e. The first-order chi connectivity index (χ1) is 11.9. The first-order valence-corrected chi connectivity index (χ1v) is 8.09. The number of amides is 1. The Morgan fingerprint density at radius 1 is 1.16 bits per heavy atom. The average molecular weight is 338 g/mol. The second-order valence-corrected chi connectivity index (χ2v) is 5.73. The van der Waals surface area contributed by atoms with Crippen LogP contribution in [0.2, 0.25) is 0 Å². The molecule has 1 heterocycles. The highest BCUT2D eigenvalue weighted by Gasteiger charge is 2.13. The molecule has 1 aliphatic rings. The molecular weight excluding hydrogens is 316 g/mol. The second kappa shape index (κ2) is 8.15. The normalized spacial score (nSPS) is 16.0. The van der Waals surface area contributed by atoms with Crippen molar-refractivity contribution in [3.05, 3.63) is 77.4 Å². The van der Waals surface area contributed by atoms with Crippen molar-refractivity contribution in [3.8, 4) is 5.75 Å². The lowest BCUT2D eigenvalue weighted by Crippen LogP contribution is -2.25. The Labute approximate surface area is 147 Å². The van der Waals surface area contributed by atoms with Crippen molar-refractivity contribution in [1.82, 2.24) is 10.2 Å². The number of rotatable bonds is 5. The summed E-state index contributed by atoms with van der Waals surface area (Å²) in [4.78, 5) is 25.6. The van der Waals surface area contributed by atoms with Gasteiger partial charge < -0.3 is 15.3 Å². The molecule has 2 rings (SSSR count). The number of phenols is 1. The van der Waals surface area contributed by atoms with Crippen LogP contribution in [0.5, 0.6) is 5.75 Å². The van der Waals surface area contributed by atoms with Crippen molar-refractivity contribution in [3.63, 3.8) is 0 Å². The van der Waals surface area contributed by atoms with Crippen LogP contribution in [0.4, 0.5) is 0 Å². The lowest BCUT2D eigenvalue weighted by molar-refractivity contribution is -0.113. The van der Waals surface area contributed by atoms with Crippen LogP contribution in [-0.4, -0.2) is 21.7 Å². The summed E-state index contributed by atoms with van der Waals surface area (Å²) < 4.78 is 0.